The van der Waals surface area contributed by atoms with Gasteiger partial charge in [-0.05, 0) is 59.8 Å². The zero-order chi connectivity index (χ0) is 29.7. The summed E-state index contributed by atoms with van der Waals surface area (Å²) in [6.45, 7) is 1.67. The Bertz CT molecular complexity index is 1540. The third-order valence-corrected chi connectivity index (χ3v) is 6.97. The molecule has 42 heavy (non-hydrogen) atoms. The zero-order valence-corrected chi connectivity index (χ0v) is 23.9. The molecule has 212 valence electrons. The second-order valence-corrected chi connectivity index (χ2v) is 10.2. The van der Waals surface area contributed by atoms with Crippen molar-refractivity contribution in [3.63, 3.8) is 0 Å². The van der Waals surface area contributed by atoms with Gasteiger partial charge in [-0.3, -0.25) is 4.79 Å². The summed E-state index contributed by atoms with van der Waals surface area (Å²) in [5.41, 5.74) is 5.41. The molecule has 0 aliphatic rings. The highest BCUT2D eigenvalue weighted by Crippen LogP contribution is 2.34. The predicted octanol–water partition coefficient (Wildman–Crippen LogP) is 5.96. The number of rotatable bonds is 15. The van der Waals surface area contributed by atoms with E-state index in [1.807, 2.05) is 60.7 Å². The summed E-state index contributed by atoms with van der Waals surface area (Å²) < 4.78 is 12.3. The maximum absolute atomic E-state index is 10.7. The average molecular weight is 580 g/mol. The Morgan fingerprint density at radius 2 is 1.76 bits per heavy atom. The van der Waals surface area contributed by atoms with E-state index in [0.29, 0.717) is 40.6 Å². The smallest absolute Gasteiger partial charge is 0.303 e. The molecule has 0 saturated carbocycles. The maximum Gasteiger partial charge on any atom is 0.303 e. The SMILES string of the molecule is [B]c1c(COc2cc(OCc3ccnc(C#N)c3)c(CNCCCCCC(=O)O)cc2Cl)cccc1-c1ccccc1. The number of nitrogens with zero attached hydrogens (tertiary/aromatic N) is 2. The molecular weight excluding hydrogens is 549 g/mol. The molecule has 0 atom stereocenters. The van der Waals surface area contributed by atoms with E-state index in [-0.39, 0.29) is 19.6 Å². The van der Waals surface area contributed by atoms with Crippen molar-refractivity contribution in [1.82, 2.24) is 10.3 Å². The Kier molecular flexibility index (Phi) is 11.4. The third-order valence-electron chi connectivity index (χ3n) is 6.67. The lowest BCUT2D eigenvalue weighted by atomic mass is 9.83. The highest BCUT2D eigenvalue weighted by atomic mass is 35.5. The number of hydrogen-bond acceptors (Lipinski definition) is 6. The lowest BCUT2D eigenvalue weighted by Crippen LogP contribution is -2.16. The summed E-state index contributed by atoms with van der Waals surface area (Å²) in [7, 11) is 6.52. The minimum Gasteiger partial charge on any atom is -0.488 e. The summed E-state index contributed by atoms with van der Waals surface area (Å²) in [6.07, 6.45) is 4.09. The fraction of sp³-hybridized carbons (Fsp3) is 0.242. The van der Waals surface area contributed by atoms with Crippen LogP contribution in [0.1, 0.15) is 48.1 Å². The van der Waals surface area contributed by atoms with E-state index >= 15 is 0 Å². The van der Waals surface area contributed by atoms with Gasteiger partial charge in [0.1, 0.15) is 44.3 Å². The summed E-state index contributed by atoms with van der Waals surface area (Å²) in [5, 5.41) is 21.8. The van der Waals surface area contributed by atoms with Crippen LogP contribution >= 0.6 is 11.6 Å². The van der Waals surface area contributed by atoms with Gasteiger partial charge < -0.3 is 19.9 Å². The molecule has 1 heterocycles. The Balaban J connectivity index is 1.48. The normalized spacial score (nSPS) is 10.7. The molecule has 1 aromatic heterocycles. The first-order valence-corrected chi connectivity index (χ1v) is 14.1. The number of carboxylic acids is 1. The van der Waals surface area contributed by atoms with Crippen LogP contribution < -0.4 is 20.3 Å². The monoisotopic (exact) mass is 579 g/mol. The second-order valence-electron chi connectivity index (χ2n) is 9.75. The molecule has 9 heteroatoms. The number of carbonyl (C=O) groups is 1. The molecule has 0 amide bonds. The van der Waals surface area contributed by atoms with Crippen molar-refractivity contribution in [3.05, 3.63) is 106 Å². The molecule has 0 aliphatic carbocycles. The molecule has 0 saturated heterocycles. The van der Waals surface area contributed by atoms with Crippen LogP contribution in [0.3, 0.4) is 0 Å². The van der Waals surface area contributed by atoms with Crippen molar-refractivity contribution in [1.29, 1.82) is 5.26 Å². The molecule has 2 N–H and O–H groups in total. The van der Waals surface area contributed by atoms with Gasteiger partial charge in [0.05, 0.1) is 5.02 Å². The number of benzene rings is 3. The third kappa shape index (κ3) is 8.84. The quantitative estimate of drug-likeness (QED) is 0.132. The molecule has 0 spiro atoms. The number of hydrogen-bond donors (Lipinski definition) is 2. The van der Waals surface area contributed by atoms with Crippen molar-refractivity contribution in [2.24, 2.45) is 0 Å². The first-order valence-electron chi connectivity index (χ1n) is 13.7. The van der Waals surface area contributed by atoms with E-state index < -0.39 is 5.97 Å². The number of carboxylic acid groups (broad SMARTS) is 1. The molecule has 3 aromatic carbocycles. The second kappa shape index (κ2) is 15.6. The van der Waals surface area contributed by atoms with Crippen LogP contribution in [0.25, 0.3) is 11.1 Å². The number of nitrogens with one attached hydrogen (secondary N) is 1. The summed E-state index contributed by atoms with van der Waals surface area (Å²) >= 11 is 6.66. The summed E-state index contributed by atoms with van der Waals surface area (Å²) in [4.78, 5) is 14.7. The Hall–Kier alpha value is -4.32. The number of ether oxygens (including phenoxy) is 2. The summed E-state index contributed by atoms with van der Waals surface area (Å²) in [6, 6.07) is 24.9. The lowest BCUT2D eigenvalue weighted by molar-refractivity contribution is -0.137. The largest absolute Gasteiger partial charge is 0.488 e. The van der Waals surface area contributed by atoms with Gasteiger partial charge in [0.2, 0.25) is 0 Å². The van der Waals surface area contributed by atoms with E-state index in [1.165, 1.54) is 0 Å². The fourth-order valence-corrected chi connectivity index (χ4v) is 4.68. The van der Waals surface area contributed by atoms with E-state index in [9.17, 15) is 10.1 Å². The average Bonchev–Trinajstić information content (AvgIpc) is 3.00. The molecule has 0 aliphatic heterocycles. The van der Waals surface area contributed by atoms with Crippen molar-refractivity contribution in [2.75, 3.05) is 6.54 Å². The number of aromatic nitrogens is 1. The Labute approximate surface area is 252 Å². The van der Waals surface area contributed by atoms with Crippen LogP contribution in [0.4, 0.5) is 0 Å². The van der Waals surface area contributed by atoms with Crippen LogP contribution in [-0.2, 0) is 24.6 Å². The topological polar surface area (TPSA) is 104 Å². The predicted molar refractivity (Wildman–Crippen MR) is 164 cm³/mol. The van der Waals surface area contributed by atoms with Crippen LogP contribution in [0.5, 0.6) is 11.5 Å². The van der Waals surface area contributed by atoms with E-state index in [2.05, 4.69) is 10.3 Å². The number of halogens is 1. The van der Waals surface area contributed by atoms with Gasteiger partial charge in [-0.2, -0.15) is 5.26 Å². The van der Waals surface area contributed by atoms with Crippen molar-refractivity contribution >= 4 is 30.9 Å². The van der Waals surface area contributed by atoms with Gasteiger partial charge in [-0.1, -0.05) is 72.0 Å². The lowest BCUT2D eigenvalue weighted by Gasteiger charge is -2.17. The Morgan fingerprint density at radius 3 is 2.55 bits per heavy atom. The van der Waals surface area contributed by atoms with Crippen molar-refractivity contribution in [3.8, 4) is 28.7 Å². The van der Waals surface area contributed by atoms with Crippen LogP contribution in [0, 0.1) is 11.3 Å². The molecule has 2 radical (unpaired) electrons. The van der Waals surface area contributed by atoms with E-state index in [4.69, 9.17) is 34.0 Å². The Morgan fingerprint density at radius 1 is 0.952 bits per heavy atom. The number of pyridine rings is 1. The van der Waals surface area contributed by atoms with Crippen molar-refractivity contribution in [2.45, 2.75) is 45.4 Å². The number of nitriles is 1. The number of unbranched alkanes of at least 4 members (excludes halogenated alkanes) is 2. The van der Waals surface area contributed by atoms with E-state index in [0.717, 1.165) is 47.2 Å². The molecule has 0 unspecified atom stereocenters. The molecule has 4 rings (SSSR count). The first-order chi connectivity index (χ1) is 20.4. The molecule has 0 fully saturated rings. The highest BCUT2D eigenvalue weighted by molar-refractivity contribution is 6.37. The number of aliphatic carboxylic acids is 1. The molecule has 4 aromatic rings. The van der Waals surface area contributed by atoms with Crippen LogP contribution in [0.15, 0.2) is 79.0 Å². The highest BCUT2D eigenvalue weighted by Gasteiger charge is 2.14. The van der Waals surface area contributed by atoms with Gasteiger partial charge in [0.25, 0.3) is 0 Å². The van der Waals surface area contributed by atoms with Crippen molar-refractivity contribution < 1.29 is 19.4 Å². The molecule has 7 nitrogen and oxygen atoms in total. The van der Waals surface area contributed by atoms with Gasteiger partial charge in [0.15, 0.2) is 0 Å². The minimum absolute atomic E-state index is 0.180. The first kappa shape index (κ1) is 30.6. The van der Waals surface area contributed by atoms with Gasteiger partial charge >= 0.3 is 5.97 Å². The molecule has 0 bridgehead atoms. The summed E-state index contributed by atoms with van der Waals surface area (Å²) in [5.74, 6) is 0.277. The van der Waals surface area contributed by atoms with Gasteiger partial charge in [0, 0.05) is 30.8 Å². The maximum atomic E-state index is 10.7. The van der Waals surface area contributed by atoms with Crippen LogP contribution in [0.2, 0.25) is 5.02 Å². The fourth-order valence-electron chi connectivity index (χ4n) is 4.44. The van der Waals surface area contributed by atoms with Gasteiger partial charge in [-0.15, -0.1) is 0 Å². The van der Waals surface area contributed by atoms with Crippen LogP contribution in [-0.4, -0.2) is 30.5 Å². The standard InChI is InChI=1S/C33H31BClN3O4/c34-33-25(10-7-11-28(33)24-8-3-1-4-9-24)22-42-31-18-30(41-21-23-13-15-38-27(16-23)19-36)26(17-29(31)35)20-37-14-6-2-5-12-32(39)40/h1,3-4,7-11,13,15-18,37H,2,5-6,12,14,20-22H2,(H,39,40). The minimum atomic E-state index is -0.774. The van der Waals surface area contributed by atoms with Gasteiger partial charge in [-0.25, -0.2) is 4.98 Å². The zero-order valence-electron chi connectivity index (χ0n) is 23.2. The molecular formula is C33H31BClN3O4. The van der Waals surface area contributed by atoms with E-state index in [1.54, 1.807) is 24.4 Å².